The van der Waals surface area contributed by atoms with Crippen molar-refractivity contribution in [3.05, 3.63) is 22.4 Å². The van der Waals surface area contributed by atoms with Crippen LogP contribution >= 0.6 is 11.3 Å². The standard InChI is InChI=1S/C15H26N2S/c1-2-4-11-17(12-5-3-1)13-10-16-9-8-15-7-6-14-18-15/h6-7,14,16H,1-5,8-13H2. The van der Waals surface area contributed by atoms with Crippen molar-refractivity contribution in [3.63, 3.8) is 0 Å². The van der Waals surface area contributed by atoms with Gasteiger partial charge in [-0.3, -0.25) is 0 Å². The van der Waals surface area contributed by atoms with E-state index in [0.29, 0.717) is 0 Å². The molecule has 2 nitrogen and oxygen atoms in total. The minimum absolute atomic E-state index is 1.12. The lowest BCUT2D eigenvalue weighted by atomic mass is 10.1. The number of thiophene rings is 1. The highest BCUT2D eigenvalue weighted by atomic mass is 32.1. The van der Waals surface area contributed by atoms with Crippen LogP contribution in [0.1, 0.15) is 37.0 Å². The van der Waals surface area contributed by atoms with Gasteiger partial charge in [-0.15, -0.1) is 11.3 Å². The largest absolute Gasteiger partial charge is 0.315 e. The van der Waals surface area contributed by atoms with Gasteiger partial charge in [-0.1, -0.05) is 25.3 Å². The molecular weight excluding hydrogens is 240 g/mol. The molecule has 2 heterocycles. The first-order chi connectivity index (χ1) is 8.95. The van der Waals surface area contributed by atoms with Crippen LogP contribution in [0, 0.1) is 0 Å². The summed E-state index contributed by atoms with van der Waals surface area (Å²) in [7, 11) is 0. The van der Waals surface area contributed by atoms with Gasteiger partial charge in [0.25, 0.3) is 0 Å². The molecule has 1 aromatic rings. The number of nitrogens with one attached hydrogen (secondary N) is 1. The van der Waals surface area contributed by atoms with E-state index in [2.05, 4.69) is 27.7 Å². The molecule has 1 aliphatic rings. The third kappa shape index (κ3) is 5.51. The molecule has 18 heavy (non-hydrogen) atoms. The minimum atomic E-state index is 1.12. The smallest absolute Gasteiger partial charge is 0.0107 e. The van der Waals surface area contributed by atoms with E-state index in [4.69, 9.17) is 0 Å². The van der Waals surface area contributed by atoms with Gasteiger partial charge in [0, 0.05) is 24.5 Å². The Labute approximate surface area is 115 Å². The van der Waals surface area contributed by atoms with Gasteiger partial charge in [0.2, 0.25) is 0 Å². The molecule has 0 unspecified atom stereocenters. The summed E-state index contributed by atoms with van der Waals surface area (Å²) in [6.45, 7) is 6.11. The van der Waals surface area contributed by atoms with E-state index in [1.165, 1.54) is 63.0 Å². The van der Waals surface area contributed by atoms with E-state index in [9.17, 15) is 0 Å². The van der Waals surface area contributed by atoms with Crippen LogP contribution in [0.4, 0.5) is 0 Å². The molecular formula is C15H26N2S. The van der Waals surface area contributed by atoms with E-state index in [0.717, 1.165) is 13.1 Å². The Morgan fingerprint density at radius 2 is 1.83 bits per heavy atom. The molecule has 0 aliphatic carbocycles. The zero-order valence-electron chi connectivity index (χ0n) is 11.4. The van der Waals surface area contributed by atoms with Crippen molar-refractivity contribution < 1.29 is 0 Å². The predicted octanol–water partition coefficient (Wildman–Crippen LogP) is 3.15. The molecule has 1 saturated heterocycles. The second-order valence-electron chi connectivity index (χ2n) is 5.19. The van der Waals surface area contributed by atoms with Crippen LogP contribution in [0.5, 0.6) is 0 Å². The molecule has 102 valence electrons. The number of nitrogens with zero attached hydrogens (tertiary/aromatic N) is 1. The molecule has 0 aromatic carbocycles. The van der Waals surface area contributed by atoms with Crippen LogP contribution < -0.4 is 5.32 Å². The summed E-state index contributed by atoms with van der Waals surface area (Å²) < 4.78 is 0. The Hall–Kier alpha value is -0.380. The maximum atomic E-state index is 3.57. The summed E-state index contributed by atoms with van der Waals surface area (Å²) in [5, 5.41) is 5.73. The number of hydrogen-bond acceptors (Lipinski definition) is 3. The second kappa shape index (κ2) is 8.68. The molecule has 1 aliphatic heterocycles. The van der Waals surface area contributed by atoms with Gasteiger partial charge in [0.15, 0.2) is 0 Å². The van der Waals surface area contributed by atoms with Crippen LogP contribution in [0.15, 0.2) is 17.5 Å². The Morgan fingerprint density at radius 3 is 2.56 bits per heavy atom. The van der Waals surface area contributed by atoms with Crippen LogP contribution in [-0.4, -0.2) is 37.6 Å². The van der Waals surface area contributed by atoms with Crippen molar-refractivity contribution in [1.29, 1.82) is 0 Å². The van der Waals surface area contributed by atoms with Crippen molar-refractivity contribution in [2.24, 2.45) is 0 Å². The number of rotatable bonds is 6. The molecule has 1 aromatic heterocycles. The minimum Gasteiger partial charge on any atom is -0.315 e. The summed E-state index contributed by atoms with van der Waals surface area (Å²) in [6.07, 6.45) is 8.29. The molecule has 1 fully saturated rings. The third-order valence-corrected chi connectivity index (χ3v) is 4.62. The normalized spacial score (nSPS) is 18.4. The van der Waals surface area contributed by atoms with Crippen molar-refractivity contribution in [3.8, 4) is 0 Å². The summed E-state index contributed by atoms with van der Waals surface area (Å²) in [4.78, 5) is 4.13. The molecule has 3 heteroatoms. The van der Waals surface area contributed by atoms with E-state index >= 15 is 0 Å². The van der Waals surface area contributed by atoms with Crippen LogP contribution in [0.3, 0.4) is 0 Å². The lowest BCUT2D eigenvalue weighted by Gasteiger charge is -2.24. The Balaban J connectivity index is 1.51. The quantitative estimate of drug-likeness (QED) is 0.796. The zero-order valence-corrected chi connectivity index (χ0v) is 12.2. The van der Waals surface area contributed by atoms with Gasteiger partial charge in [0.05, 0.1) is 0 Å². The van der Waals surface area contributed by atoms with Crippen molar-refractivity contribution in [2.45, 2.75) is 38.5 Å². The first-order valence-electron chi connectivity index (χ1n) is 7.40. The molecule has 1 N–H and O–H groups in total. The van der Waals surface area contributed by atoms with Crippen LogP contribution in [0.2, 0.25) is 0 Å². The highest BCUT2D eigenvalue weighted by Gasteiger charge is 2.06. The van der Waals surface area contributed by atoms with Crippen molar-refractivity contribution in [2.75, 3.05) is 32.7 Å². The average molecular weight is 266 g/mol. The molecule has 2 rings (SSSR count). The van der Waals surface area contributed by atoms with Gasteiger partial charge in [-0.2, -0.15) is 0 Å². The fraction of sp³-hybridized carbons (Fsp3) is 0.733. The van der Waals surface area contributed by atoms with E-state index < -0.39 is 0 Å². The van der Waals surface area contributed by atoms with E-state index in [1.807, 2.05) is 11.3 Å². The maximum absolute atomic E-state index is 3.57. The van der Waals surface area contributed by atoms with Gasteiger partial charge in [-0.05, 0) is 43.8 Å². The SMILES string of the molecule is c1csc(CCNCCN2CCCCCCC2)c1. The lowest BCUT2D eigenvalue weighted by Crippen LogP contribution is -2.34. The maximum Gasteiger partial charge on any atom is 0.0107 e. The summed E-state index contributed by atoms with van der Waals surface area (Å²) in [6, 6.07) is 4.37. The third-order valence-electron chi connectivity index (χ3n) is 3.68. The van der Waals surface area contributed by atoms with Crippen molar-refractivity contribution >= 4 is 11.3 Å². The average Bonchev–Trinajstić information content (AvgIpc) is 2.84. The fourth-order valence-electron chi connectivity index (χ4n) is 2.57. The molecule has 0 saturated carbocycles. The van der Waals surface area contributed by atoms with Gasteiger partial charge < -0.3 is 10.2 Å². The monoisotopic (exact) mass is 266 g/mol. The predicted molar refractivity (Wildman–Crippen MR) is 80.4 cm³/mol. The molecule has 0 amide bonds. The summed E-state index contributed by atoms with van der Waals surface area (Å²) >= 11 is 1.86. The van der Waals surface area contributed by atoms with Crippen molar-refractivity contribution in [1.82, 2.24) is 10.2 Å². The van der Waals surface area contributed by atoms with Gasteiger partial charge in [-0.25, -0.2) is 0 Å². The van der Waals surface area contributed by atoms with E-state index in [-0.39, 0.29) is 0 Å². The summed E-state index contributed by atoms with van der Waals surface area (Å²) in [5.41, 5.74) is 0. The molecule has 0 radical (unpaired) electrons. The fourth-order valence-corrected chi connectivity index (χ4v) is 3.27. The van der Waals surface area contributed by atoms with Crippen LogP contribution in [0.25, 0.3) is 0 Å². The number of likely N-dealkylation sites (tertiary alicyclic amines) is 1. The van der Waals surface area contributed by atoms with Gasteiger partial charge >= 0.3 is 0 Å². The van der Waals surface area contributed by atoms with Crippen LogP contribution in [-0.2, 0) is 6.42 Å². The first-order valence-corrected chi connectivity index (χ1v) is 8.28. The molecule has 0 bridgehead atoms. The second-order valence-corrected chi connectivity index (χ2v) is 6.22. The first kappa shape index (κ1) is 14.0. The zero-order chi connectivity index (χ0) is 12.5. The summed E-state index contributed by atoms with van der Waals surface area (Å²) in [5.74, 6) is 0. The Kier molecular flexibility index (Phi) is 6.77. The Morgan fingerprint density at radius 1 is 1.06 bits per heavy atom. The molecule has 0 spiro atoms. The lowest BCUT2D eigenvalue weighted by molar-refractivity contribution is 0.248. The Bertz CT molecular complexity index is 289. The topological polar surface area (TPSA) is 15.3 Å². The highest BCUT2D eigenvalue weighted by Crippen LogP contribution is 2.10. The van der Waals surface area contributed by atoms with Gasteiger partial charge in [0.1, 0.15) is 0 Å². The number of hydrogen-bond donors (Lipinski definition) is 1. The van der Waals surface area contributed by atoms with E-state index in [1.54, 1.807) is 0 Å². The molecule has 0 atom stereocenters. The highest BCUT2D eigenvalue weighted by molar-refractivity contribution is 7.09.